The fourth-order valence-corrected chi connectivity index (χ4v) is 2.96. The van der Waals surface area contributed by atoms with Gasteiger partial charge in [-0.05, 0) is 31.9 Å². The van der Waals surface area contributed by atoms with Gasteiger partial charge in [0.1, 0.15) is 5.66 Å². The molecule has 0 saturated heterocycles. The molecule has 1 fully saturated rings. The molecule has 0 spiro atoms. The molecule has 0 radical (unpaired) electrons. The lowest BCUT2D eigenvalue weighted by molar-refractivity contribution is 0.0392. The monoisotopic (exact) mass is 260 g/mol. The van der Waals surface area contributed by atoms with Crippen molar-refractivity contribution in [1.82, 2.24) is 4.90 Å². The van der Waals surface area contributed by atoms with Gasteiger partial charge in [0, 0.05) is 25.3 Å². The van der Waals surface area contributed by atoms with Crippen LogP contribution in [-0.4, -0.2) is 36.7 Å². The third-order valence-electron chi connectivity index (χ3n) is 4.24. The van der Waals surface area contributed by atoms with Crippen LogP contribution in [0.2, 0.25) is 0 Å². The third-order valence-corrected chi connectivity index (χ3v) is 4.24. The van der Waals surface area contributed by atoms with Crippen LogP contribution in [0.4, 0.5) is 5.69 Å². The first-order valence-electron chi connectivity index (χ1n) is 6.85. The molecule has 102 valence electrons. The normalized spacial score (nSPS) is 26.0. The number of para-hydroxylation sites is 1. The molecule has 1 unspecified atom stereocenters. The van der Waals surface area contributed by atoms with Crippen molar-refractivity contribution in [3.8, 4) is 0 Å². The van der Waals surface area contributed by atoms with E-state index < -0.39 is 0 Å². The second-order valence-electron chi connectivity index (χ2n) is 5.54. The smallest absolute Gasteiger partial charge is 0.257 e. The number of rotatable bonds is 4. The first kappa shape index (κ1) is 12.5. The van der Waals surface area contributed by atoms with Crippen molar-refractivity contribution < 1.29 is 9.53 Å². The third kappa shape index (κ3) is 2.00. The van der Waals surface area contributed by atoms with Crippen LogP contribution in [0, 0.1) is 5.92 Å². The molecule has 0 aromatic heterocycles. The van der Waals surface area contributed by atoms with Gasteiger partial charge in [-0.25, -0.2) is 0 Å². The summed E-state index contributed by atoms with van der Waals surface area (Å²) in [7, 11) is 1.67. The zero-order chi connectivity index (χ0) is 13.5. The molecular formula is C15H20N2O2. The van der Waals surface area contributed by atoms with E-state index in [1.807, 2.05) is 29.2 Å². The maximum atomic E-state index is 12.7. The number of nitrogens with zero attached hydrogens (tertiary/aromatic N) is 1. The van der Waals surface area contributed by atoms with Crippen LogP contribution in [0.1, 0.15) is 30.1 Å². The standard InChI is InChI=1S/C15H20N2O2/c1-15(11-7-8-11)16-13-6-4-3-5-12(13)14(18)17(15)9-10-19-2/h3-6,11,16H,7-10H2,1-2H3. The number of carbonyl (C=O) groups excluding carboxylic acids is 1. The molecule has 1 aromatic carbocycles. The average Bonchev–Trinajstić information content (AvgIpc) is 3.23. The van der Waals surface area contributed by atoms with E-state index in [-0.39, 0.29) is 11.6 Å². The Morgan fingerprint density at radius 2 is 2.16 bits per heavy atom. The number of nitrogens with one attached hydrogen (secondary N) is 1. The number of anilines is 1. The number of hydrogen-bond donors (Lipinski definition) is 1. The van der Waals surface area contributed by atoms with Crippen molar-refractivity contribution in [2.75, 3.05) is 25.6 Å². The van der Waals surface area contributed by atoms with E-state index in [2.05, 4.69) is 12.2 Å². The van der Waals surface area contributed by atoms with Crippen molar-refractivity contribution >= 4 is 11.6 Å². The summed E-state index contributed by atoms with van der Waals surface area (Å²) in [4.78, 5) is 14.6. The summed E-state index contributed by atoms with van der Waals surface area (Å²) in [6.45, 7) is 3.33. The molecule has 1 heterocycles. The topological polar surface area (TPSA) is 41.6 Å². The Kier molecular flexibility index (Phi) is 2.97. The quantitative estimate of drug-likeness (QED) is 0.903. The maximum Gasteiger partial charge on any atom is 0.257 e. The predicted molar refractivity (Wildman–Crippen MR) is 74.1 cm³/mol. The zero-order valence-corrected chi connectivity index (χ0v) is 11.5. The van der Waals surface area contributed by atoms with E-state index in [1.54, 1.807) is 7.11 Å². The second kappa shape index (κ2) is 4.53. The lowest BCUT2D eigenvalue weighted by Crippen LogP contribution is -2.60. The van der Waals surface area contributed by atoms with E-state index in [0.29, 0.717) is 19.1 Å². The van der Waals surface area contributed by atoms with Gasteiger partial charge in [-0.3, -0.25) is 4.79 Å². The molecule has 1 atom stereocenters. The van der Waals surface area contributed by atoms with Crippen molar-refractivity contribution in [2.45, 2.75) is 25.4 Å². The highest BCUT2D eigenvalue weighted by molar-refractivity contribution is 6.02. The van der Waals surface area contributed by atoms with Gasteiger partial charge < -0.3 is 15.0 Å². The van der Waals surface area contributed by atoms with Gasteiger partial charge in [-0.1, -0.05) is 12.1 Å². The fourth-order valence-electron chi connectivity index (χ4n) is 2.96. The Hall–Kier alpha value is -1.55. The number of methoxy groups -OCH3 is 1. The van der Waals surface area contributed by atoms with Gasteiger partial charge >= 0.3 is 0 Å². The molecule has 1 aromatic rings. The lowest BCUT2D eigenvalue weighted by Gasteiger charge is -2.47. The van der Waals surface area contributed by atoms with Crippen LogP contribution in [0.15, 0.2) is 24.3 Å². The van der Waals surface area contributed by atoms with Gasteiger partial charge in [-0.15, -0.1) is 0 Å². The lowest BCUT2D eigenvalue weighted by atomic mass is 9.96. The van der Waals surface area contributed by atoms with Gasteiger partial charge in [0.2, 0.25) is 0 Å². The summed E-state index contributed by atoms with van der Waals surface area (Å²) in [5.74, 6) is 0.655. The summed E-state index contributed by atoms with van der Waals surface area (Å²) < 4.78 is 5.15. The number of benzene rings is 1. The maximum absolute atomic E-state index is 12.7. The molecule has 1 aliphatic heterocycles. The number of carbonyl (C=O) groups is 1. The Morgan fingerprint density at radius 3 is 2.84 bits per heavy atom. The Balaban J connectivity index is 1.97. The van der Waals surface area contributed by atoms with E-state index in [1.165, 1.54) is 12.8 Å². The van der Waals surface area contributed by atoms with Crippen molar-refractivity contribution in [3.05, 3.63) is 29.8 Å². The molecule has 3 rings (SSSR count). The van der Waals surface area contributed by atoms with Crippen molar-refractivity contribution in [1.29, 1.82) is 0 Å². The first-order chi connectivity index (χ1) is 9.16. The number of amides is 1. The minimum Gasteiger partial charge on any atom is -0.383 e. The molecule has 19 heavy (non-hydrogen) atoms. The highest BCUT2D eigenvalue weighted by Gasteiger charge is 2.50. The highest BCUT2D eigenvalue weighted by Crippen LogP contribution is 2.46. The van der Waals surface area contributed by atoms with Crippen LogP contribution in [0.25, 0.3) is 0 Å². The molecule has 2 aliphatic rings. The molecule has 4 nitrogen and oxygen atoms in total. The molecule has 4 heteroatoms. The van der Waals surface area contributed by atoms with E-state index in [9.17, 15) is 4.79 Å². The van der Waals surface area contributed by atoms with E-state index in [0.717, 1.165) is 11.3 Å². The number of hydrogen-bond acceptors (Lipinski definition) is 3. The van der Waals surface area contributed by atoms with E-state index >= 15 is 0 Å². The van der Waals surface area contributed by atoms with Crippen LogP contribution in [-0.2, 0) is 4.74 Å². The van der Waals surface area contributed by atoms with Gasteiger partial charge in [0.15, 0.2) is 0 Å². The summed E-state index contributed by atoms with van der Waals surface area (Å²) in [5.41, 5.74) is 1.44. The highest BCUT2D eigenvalue weighted by atomic mass is 16.5. The zero-order valence-electron chi connectivity index (χ0n) is 11.5. The summed E-state index contributed by atoms with van der Waals surface area (Å²) in [6.07, 6.45) is 2.37. The minimum absolute atomic E-state index is 0.112. The van der Waals surface area contributed by atoms with Crippen molar-refractivity contribution in [3.63, 3.8) is 0 Å². The first-order valence-corrected chi connectivity index (χ1v) is 6.85. The van der Waals surface area contributed by atoms with E-state index in [4.69, 9.17) is 4.74 Å². The van der Waals surface area contributed by atoms with Crippen LogP contribution >= 0.6 is 0 Å². The van der Waals surface area contributed by atoms with Crippen molar-refractivity contribution in [2.24, 2.45) is 5.92 Å². The SMILES string of the molecule is COCCN1C(=O)c2ccccc2NC1(C)C1CC1. The summed E-state index contributed by atoms with van der Waals surface area (Å²) in [5, 5.41) is 3.57. The molecule has 0 bridgehead atoms. The predicted octanol–water partition coefficient (Wildman–Crippen LogP) is 2.33. The average molecular weight is 260 g/mol. The number of ether oxygens (including phenoxy) is 1. The van der Waals surface area contributed by atoms with Gasteiger partial charge in [0.25, 0.3) is 5.91 Å². The fraction of sp³-hybridized carbons (Fsp3) is 0.533. The van der Waals surface area contributed by atoms with Gasteiger partial charge in [-0.2, -0.15) is 0 Å². The Morgan fingerprint density at radius 1 is 1.42 bits per heavy atom. The molecule has 1 saturated carbocycles. The van der Waals surface area contributed by atoms with Gasteiger partial charge in [0.05, 0.1) is 12.2 Å². The number of fused-ring (bicyclic) bond motifs is 1. The Labute approximate surface area is 113 Å². The van der Waals surface area contributed by atoms with Crippen LogP contribution < -0.4 is 5.32 Å². The molecule has 1 aliphatic carbocycles. The Bertz CT molecular complexity index is 499. The largest absolute Gasteiger partial charge is 0.383 e. The van der Waals surface area contributed by atoms with Crippen LogP contribution in [0.3, 0.4) is 0 Å². The molecular weight excluding hydrogens is 240 g/mol. The van der Waals surface area contributed by atoms with Crippen LogP contribution in [0.5, 0.6) is 0 Å². The molecule has 1 N–H and O–H groups in total. The minimum atomic E-state index is -0.274. The summed E-state index contributed by atoms with van der Waals surface area (Å²) in [6, 6.07) is 7.75. The second-order valence-corrected chi connectivity index (χ2v) is 5.54. The summed E-state index contributed by atoms with van der Waals surface area (Å²) >= 11 is 0. The molecule has 1 amide bonds.